The van der Waals surface area contributed by atoms with Crippen molar-refractivity contribution in [3.63, 3.8) is 0 Å². The highest BCUT2D eigenvalue weighted by molar-refractivity contribution is 5.92. The highest BCUT2D eigenvalue weighted by Crippen LogP contribution is 2.35. The number of carbonyl (C=O) groups excluding carboxylic acids is 1. The third kappa shape index (κ3) is 4.29. The van der Waals surface area contributed by atoms with E-state index in [1.165, 1.54) is 18.5 Å². The summed E-state index contributed by atoms with van der Waals surface area (Å²) < 4.78 is 36.2. The minimum absolute atomic E-state index is 0.0379. The molecule has 1 aromatic carbocycles. The van der Waals surface area contributed by atoms with E-state index in [-0.39, 0.29) is 5.75 Å². The molecule has 9 heteroatoms. The molecule has 0 fully saturated rings. The fourth-order valence-corrected chi connectivity index (χ4v) is 3.09. The lowest BCUT2D eigenvalue weighted by atomic mass is 9.96. The Bertz CT molecular complexity index is 849. The second kappa shape index (κ2) is 8.81. The summed E-state index contributed by atoms with van der Waals surface area (Å²) in [7, 11) is 0. The molecule has 28 heavy (non-hydrogen) atoms. The summed E-state index contributed by atoms with van der Waals surface area (Å²) in [6, 6.07) is 5.52. The van der Waals surface area contributed by atoms with Gasteiger partial charge in [-0.1, -0.05) is 31.9 Å². The van der Waals surface area contributed by atoms with Gasteiger partial charge in [-0.3, -0.25) is 0 Å². The van der Waals surface area contributed by atoms with Crippen LogP contribution in [0, 0.1) is 0 Å². The zero-order valence-corrected chi connectivity index (χ0v) is 15.7. The van der Waals surface area contributed by atoms with Crippen molar-refractivity contribution < 1.29 is 23.0 Å². The van der Waals surface area contributed by atoms with Crippen LogP contribution in [-0.2, 0) is 9.53 Å². The number of aromatic nitrogens is 3. The van der Waals surface area contributed by atoms with Crippen LogP contribution in [0.1, 0.15) is 44.7 Å². The van der Waals surface area contributed by atoms with Crippen LogP contribution in [0.5, 0.6) is 5.75 Å². The highest BCUT2D eigenvalue weighted by Gasteiger charge is 2.34. The van der Waals surface area contributed by atoms with Gasteiger partial charge in [0.25, 0.3) is 0 Å². The maximum absolute atomic E-state index is 12.8. The van der Waals surface area contributed by atoms with Crippen molar-refractivity contribution >= 4 is 11.9 Å². The molecule has 7 nitrogen and oxygen atoms in total. The molecule has 0 radical (unpaired) electrons. The number of allylic oxidation sites excluding steroid dienone is 1. The van der Waals surface area contributed by atoms with E-state index >= 15 is 0 Å². The number of nitrogens with one attached hydrogen (secondary N) is 1. The summed E-state index contributed by atoms with van der Waals surface area (Å²) in [5.74, 6) is 0.0778. The van der Waals surface area contributed by atoms with Crippen LogP contribution in [-0.4, -0.2) is 34.0 Å². The Balaban J connectivity index is 1.89. The summed E-state index contributed by atoms with van der Waals surface area (Å²) in [6.45, 7) is 1.27. The molecule has 0 saturated carbocycles. The van der Waals surface area contributed by atoms with Crippen molar-refractivity contribution in [1.29, 1.82) is 0 Å². The van der Waals surface area contributed by atoms with Gasteiger partial charge < -0.3 is 14.8 Å². The number of esters is 1. The maximum Gasteiger partial charge on any atom is 0.387 e. The molecule has 1 N–H and O–H groups in total. The van der Waals surface area contributed by atoms with Gasteiger partial charge in [0.05, 0.1) is 12.2 Å². The van der Waals surface area contributed by atoms with Crippen LogP contribution in [0.3, 0.4) is 0 Å². The summed E-state index contributed by atoms with van der Waals surface area (Å²) in [6.07, 6.45) is 4.18. The molecular formula is C19H22F2N4O3. The van der Waals surface area contributed by atoms with E-state index in [1.54, 1.807) is 23.7 Å². The lowest BCUT2D eigenvalue weighted by Crippen LogP contribution is -2.29. The number of nitrogens with zero attached hydrogens (tertiary/aromatic N) is 3. The fraction of sp³-hybridized carbons (Fsp3) is 0.421. The first-order valence-electron chi connectivity index (χ1n) is 9.10. The number of carbonyl (C=O) groups is 1. The van der Waals surface area contributed by atoms with E-state index in [0.717, 1.165) is 19.3 Å². The standard InChI is InChI=1S/C19H22F2N4O3/c1-3-4-5-10-27-17(26)15-12(2)24-19-22-11-23-25(19)16(15)13-6-8-14(9-7-13)28-18(20)21/h6-9,11,16,18H,3-5,10H2,1-2H3,(H,22,23,24). The second-order valence-electron chi connectivity index (χ2n) is 6.38. The Kier molecular flexibility index (Phi) is 6.23. The lowest BCUT2D eigenvalue weighted by molar-refractivity contribution is -0.139. The number of unbranched alkanes of at least 4 members (excludes halogenated alkanes) is 2. The van der Waals surface area contributed by atoms with Gasteiger partial charge in [0.1, 0.15) is 18.1 Å². The van der Waals surface area contributed by atoms with Crippen molar-refractivity contribution in [1.82, 2.24) is 14.8 Å². The predicted octanol–water partition coefficient (Wildman–Crippen LogP) is 3.90. The summed E-state index contributed by atoms with van der Waals surface area (Å²) in [5.41, 5.74) is 1.69. The lowest BCUT2D eigenvalue weighted by Gasteiger charge is -2.28. The van der Waals surface area contributed by atoms with E-state index in [2.05, 4.69) is 27.1 Å². The van der Waals surface area contributed by atoms with Gasteiger partial charge >= 0.3 is 12.6 Å². The third-order valence-corrected chi connectivity index (χ3v) is 4.42. The quantitative estimate of drug-likeness (QED) is 0.542. The molecule has 1 atom stereocenters. The fourth-order valence-electron chi connectivity index (χ4n) is 3.09. The predicted molar refractivity (Wildman–Crippen MR) is 98.0 cm³/mol. The first-order chi connectivity index (χ1) is 13.5. The van der Waals surface area contributed by atoms with E-state index in [0.29, 0.717) is 29.4 Å². The Morgan fingerprint density at radius 1 is 1.29 bits per heavy atom. The van der Waals surface area contributed by atoms with E-state index < -0.39 is 18.6 Å². The Labute approximate surface area is 161 Å². The first kappa shape index (κ1) is 19.8. The van der Waals surface area contributed by atoms with Crippen LogP contribution in [0.4, 0.5) is 14.7 Å². The van der Waals surface area contributed by atoms with Crippen LogP contribution in [0.15, 0.2) is 41.9 Å². The van der Waals surface area contributed by atoms with Crippen molar-refractivity contribution in [3.05, 3.63) is 47.4 Å². The monoisotopic (exact) mass is 392 g/mol. The number of hydrogen-bond donors (Lipinski definition) is 1. The average molecular weight is 392 g/mol. The number of alkyl halides is 2. The molecule has 3 rings (SSSR count). The van der Waals surface area contributed by atoms with Gasteiger partial charge in [0.15, 0.2) is 0 Å². The maximum atomic E-state index is 12.8. The number of benzene rings is 1. The topological polar surface area (TPSA) is 78.3 Å². The smallest absolute Gasteiger partial charge is 0.387 e. The van der Waals surface area contributed by atoms with E-state index in [1.807, 2.05) is 0 Å². The number of rotatable bonds is 8. The van der Waals surface area contributed by atoms with E-state index in [4.69, 9.17) is 4.74 Å². The molecule has 0 spiro atoms. The molecule has 1 aromatic heterocycles. The van der Waals surface area contributed by atoms with Crippen molar-refractivity contribution in [2.45, 2.75) is 45.8 Å². The highest BCUT2D eigenvalue weighted by atomic mass is 19.3. The molecule has 2 heterocycles. The average Bonchev–Trinajstić information content (AvgIpc) is 3.12. The SMILES string of the molecule is CCCCCOC(=O)C1=C(C)Nc2ncnn2C1c1ccc(OC(F)F)cc1. The Morgan fingerprint density at radius 3 is 2.71 bits per heavy atom. The summed E-state index contributed by atoms with van der Waals surface area (Å²) in [5, 5.41) is 7.27. The third-order valence-electron chi connectivity index (χ3n) is 4.42. The first-order valence-corrected chi connectivity index (χ1v) is 9.10. The normalized spacial score (nSPS) is 16.0. The summed E-state index contributed by atoms with van der Waals surface area (Å²) in [4.78, 5) is 16.9. The zero-order valence-electron chi connectivity index (χ0n) is 15.7. The minimum Gasteiger partial charge on any atom is -0.462 e. The number of hydrogen-bond acceptors (Lipinski definition) is 6. The number of fused-ring (bicyclic) bond motifs is 1. The van der Waals surface area contributed by atoms with Crippen molar-refractivity contribution in [3.8, 4) is 5.75 Å². The molecule has 1 unspecified atom stereocenters. The van der Waals surface area contributed by atoms with Crippen molar-refractivity contribution in [2.75, 3.05) is 11.9 Å². The molecule has 0 amide bonds. The van der Waals surface area contributed by atoms with Gasteiger partial charge in [-0.25, -0.2) is 9.48 Å². The number of anilines is 1. The summed E-state index contributed by atoms with van der Waals surface area (Å²) >= 11 is 0. The number of halogens is 2. The molecule has 2 aromatic rings. The van der Waals surface area contributed by atoms with Gasteiger partial charge in [0, 0.05) is 5.70 Å². The molecule has 1 aliphatic rings. The number of ether oxygens (including phenoxy) is 2. The van der Waals surface area contributed by atoms with Gasteiger partial charge in [-0.2, -0.15) is 18.9 Å². The second-order valence-corrected chi connectivity index (χ2v) is 6.38. The van der Waals surface area contributed by atoms with Gasteiger partial charge in [0.2, 0.25) is 5.95 Å². The molecule has 0 aliphatic carbocycles. The molecular weight excluding hydrogens is 370 g/mol. The van der Waals surface area contributed by atoms with Crippen LogP contribution in [0.2, 0.25) is 0 Å². The zero-order chi connectivity index (χ0) is 20.1. The minimum atomic E-state index is -2.90. The van der Waals surface area contributed by atoms with Crippen LogP contribution in [0.25, 0.3) is 0 Å². The van der Waals surface area contributed by atoms with Gasteiger partial charge in [-0.05, 0) is 31.0 Å². The molecule has 0 bridgehead atoms. The molecule has 0 saturated heterocycles. The largest absolute Gasteiger partial charge is 0.462 e. The molecule has 150 valence electrons. The van der Waals surface area contributed by atoms with Crippen LogP contribution < -0.4 is 10.1 Å². The Hall–Kier alpha value is -2.97. The van der Waals surface area contributed by atoms with E-state index in [9.17, 15) is 13.6 Å². The molecule has 1 aliphatic heterocycles. The van der Waals surface area contributed by atoms with Crippen molar-refractivity contribution in [2.24, 2.45) is 0 Å². The Morgan fingerprint density at radius 2 is 2.04 bits per heavy atom. The van der Waals surface area contributed by atoms with Gasteiger partial charge in [-0.15, -0.1) is 0 Å². The van der Waals surface area contributed by atoms with Crippen LogP contribution >= 0.6 is 0 Å².